The fourth-order valence-corrected chi connectivity index (χ4v) is 0.161. The maximum atomic E-state index is 11.6. The van der Waals surface area contributed by atoms with Crippen LogP contribution in [-0.4, -0.2) is 16.7 Å². The van der Waals surface area contributed by atoms with Crippen LogP contribution in [0.4, 0.5) is 26.3 Å². The van der Waals surface area contributed by atoms with Crippen molar-refractivity contribution in [2.75, 3.05) is 0 Å². The van der Waals surface area contributed by atoms with Crippen LogP contribution in [0.5, 0.6) is 0 Å². The van der Waals surface area contributed by atoms with Crippen molar-refractivity contribution in [3.05, 3.63) is 0 Å². The highest BCUT2D eigenvalue weighted by atomic mass is 79.9. The number of hydrogen-bond donors (Lipinski definition) is 0. The molecule has 0 radical (unpaired) electrons. The Hall–Kier alpha value is 0.0600. The van der Waals surface area contributed by atoms with E-state index in [9.17, 15) is 26.3 Å². The molecule has 0 aromatic carbocycles. The van der Waals surface area contributed by atoms with Crippen LogP contribution in [0.1, 0.15) is 6.92 Å². The molecule has 0 fully saturated rings. The van der Waals surface area contributed by atoms with E-state index in [1.165, 1.54) is 0 Å². The molecule has 68 valence electrons. The lowest BCUT2D eigenvalue weighted by molar-refractivity contribution is -0.256. The van der Waals surface area contributed by atoms with Crippen LogP contribution >= 0.6 is 15.9 Å². The number of alkyl halides is 7. The third-order valence-electron chi connectivity index (χ3n) is 1.06. The average molecular weight is 245 g/mol. The first-order chi connectivity index (χ1) is 4.50. The van der Waals surface area contributed by atoms with Gasteiger partial charge in [-0.05, 0) is 6.92 Å². The molecule has 0 rings (SSSR count). The molecule has 11 heavy (non-hydrogen) atoms. The van der Waals surface area contributed by atoms with E-state index in [1.807, 2.05) is 0 Å². The van der Waals surface area contributed by atoms with E-state index in [4.69, 9.17) is 0 Å². The molecule has 0 spiro atoms. The van der Waals surface area contributed by atoms with Gasteiger partial charge < -0.3 is 0 Å². The molecule has 0 nitrogen and oxygen atoms in total. The zero-order valence-corrected chi connectivity index (χ0v) is 6.73. The van der Waals surface area contributed by atoms with E-state index in [2.05, 4.69) is 0 Å². The average Bonchev–Trinajstić information content (AvgIpc) is 1.58. The van der Waals surface area contributed by atoms with Gasteiger partial charge in [0.05, 0.1) is 0 Å². The van der Waals surface area contributed by atoms with Crippen molar-refractivity contribution < 1.29 is 26.3 Å². The second kappa shape index (κ2) is 2.53. The summed E-state index contributed by atoms with van der Waals surface area (Å²) >= 11 is 1.57. The fourth-order valence-electron chi connectivity index (χ4n) is 0.161. The SMILES string of the molecule is CC(Br)(C(F)(F)F)C(F)(F)F. The molecule has 0 aliphatic heterocycles. The van der Waals surface area contributed by atoms with E-state index in [0.29, 0.717) is 0 Å². The first kappa shape index (κ1) is 11.1. The summed E-state index contributed by atoms with van der Waals surface area (Å²) in [4.78, 5) is 0. The van der Waals surface area contributed by atoms with Gasteiger partial charge in [0.1, 0.15) is 0 Å². The highest BCUT2D eigenvalue weighted by molar-refractivity contribution is 9.10. The Morgan fingerprint density at radius 3 is 1.00 bits per heavy atom. The topological polar surface area (TPSA) is 0 Å². The van der Waals surface area contributed by atoms with Gasteiger partial charge in [-0.1, -0.05) is 15.9 Å². The summed E-state index contributed by atoms with van der Waals surface area (Å²) in [6.45, 7) is 0.0208. The molecule has 0 N–H and O–H groups in total. The minimum Gasteiger partial charge on any atom is -0.169 e. The third kappa shape index (κ3) is 2.00. The van der Waals surface area contributed by atoms with E-state index in [-0.39, 0.29) is 6.92 Å². The standard InChI is InChI=1S/C4H3BrF6/c1-2(5,3(6,7)8)4(9,10)11/h1H3. The van der Waals surface area contributed by atoms with Crippen molar-refractivity contribution in [1.82, 2.24) is 0 Å². The van der Waals surface area contributed by atoms with Crippen LogP contribution in [-0.2, 0) is 0 Å². The first-order valence-corrected chi connectivity index (χ1v) is 3.12. The second-order valence-electron chi connectivity index (χ2n) is 2.00. The monoisotopic (exact) mass is 244 g/mol. The largest absolute Gasteiger partial charge is 0.412 e. The van der Waals surface area contributed by atoms with E-state index < -0.39 is 16.7 Å². The van der Waals surface area contributed by atoms with Crippen LogP contribution in [0.3, 0.4) is 0 Å². The van der Waals surface area contributed by atoms with Gasteiger partial charge in [0.25, 0.3) is 0 Å². The van der Waals surface area contributed by atoms with Gasteiger partial charge in [-0.2, -0.15) is 26.3 Å². The molecule has 0 aliphatic carbocycles. The van der Waals surface area contributed by atoms with Crippen LogP contribution in [0.15, 0.2) is 0 Å². The van der Waals surface area contributed by atoms with Gasteiger partial charge in [0.2, 0.25) is 4.32 Å². The fraction of sp³-hybridized carbons (Fsp3) is 1.00. The van der Waals surface area contributed by atoms with E-state index in [1.54, 1.807) is 15.9 Å². The van der Waals surface area contributed by atoms with Gasteiger partial charge in [-0.3, -0.25) is 0 Å². The minimum atomic E-state index is -5.33. The lowest BCUT2D eigenvalue weighted by Gasteiger charge is -2.27. The van der Waals surface area contributed by atoms with Crippen molar-refractivity contribution in [3.63, 3.8) is 0 Å². The van der Waals surface area contributed by atoms with Crippen LogP contribution in [0.2, 0.25) is 0 Å². The molecule has 0 unspecified atom stereocenters. The molecule has 0 aromatic heterocycles. The molecule has 7 heteroatoms. The van der Waals surface area contributed by atoms with Gasteiger partial charge in [-0.15, -0.1) is 0 Å². The molecule has 0 bridgehead atoms. The Balaban J connectivity index is 4.75. The molecular weight excluding hydrogens is 242 g/mol. The lowest BCUT2D eigenvalue weighted by Crippen LogP contribution is -2.48. The van der Waals surface area contributed by atoms with Crippen molar-refractivity contribution in [2.24, 2.45) is 0 Å². The predicted octanol–water partition coefficient (Wildman–Crippen LogP) is 3.26. The number of hydrogen-bond acceptors (Lipinski definition) is 0. The summed E-state index contributed by atoms with van der Waals surface area (Å²) in [5.41, 5.74) is 0. The van der Waals surface area contributed by atoms with Crippen molar-refractivity contribution in [3.8, 4) is 0 Å². The Morgan fingerprint density at radius 2 is 1.00 bits per heavy atom. The second-order valence-corrected chi connectivity index (χ2v) is 3.58. The molecule has 0 atom stereocenters. The van der Waals surface area contributed by atoms with Gasteiger partial charge in [0.15, 0.2) is 0 Å². The number of rotatable bonds is 0. The van der Waals surface area contributed by atoms with Gasteiger partial charge in [-0.25, -0.2) is 0 Å². The summed E-state index contributed by atoms with van der Waals surface area (Å²) in [6, 6.07) is 0. The zero-order chi connectivity index (χ0) is 9.50. The molecule has 0 saturated carbocycles. The normalized spacial score (nSPS) is 15.3. The van der Waals surface area contributed by atoms with Crippen LogP contribution < -0.4 is 0 Å². The Labute approximate surface area is 66.7 Å². The Morgan fingerprint density at radius 1 is 0.818 bits per heavy atom. The van der Waals surface area contributed by atoms with Crippen LogP contribution in [0, 0.1) is 0 Å². The summed E-state index contributed by atoms with van der Waals surface area (Å²) in [7, 11) is 0. The zero-order valence-electron chi connectivity index (χ0n) is 5.15. The van der Waals surface area contributed by atoms with Crippen molar-refractivity contribution in [2.45, 2.75) is 23.6 Å². The maximum Gasteiger partial charge on any atom is 0.412 e. The smallest absolute Gasteiger partial charge is 0.169 e. The predicted molar refractivity (Wildman–Crippen MR) is 29.4 cm³/mol. The van der Waals surface area contributed by atoms with E-state index >= 15 is 0 Å². The van der Waals surface area contributed by atoms with Crippen LogP contribution in [0.25, 0.3) is 0 Å². The van der Waals surface area contributed by atoms with Crippen molar-refractivity contribution in [1.29, 1.82) is 0 Å². The molecule has 0 saturated heterocycles. The van der Waals surface area contributed by atoms with Crippen molar-refractivity contribution >= 4 is 15.9 Å². The Kier molecular flexibility index (Phi) is 2.55. The van der Waals surface area contributed by atoms with Gasteiger partial charge >= 0.3 is 12.4 Å². The number of halogens is 7. The van der Waals surface area contributed by atoms with Gasteiger partial charge in [0, 0.05) is 0 Å². The molecule has 0 heterocycles. The first-order valence-electron chi connectivity index (χ1n) is 2.32. The molecule has 0 amide bonds. The summed E-state index contributed by atoms with van der Waals surface area (Å²) < 4.78 is 65.6. The summed E-state index contributed by atoms with van der Waals surface area (Å²) in [6.07, 6.45) is -10.7. The molecule has 0 aliphatic rings. The highest BCUT2D eigenvalue weighted by Gasteiger charge is 2.66. The third-order valence-corrected chi connectivity index (χ3v) is 1.96. The maximum absolute atomic E-state index is 11.6. The highest BCUT2D eigenvalue weighted by Crippen LogP contribution is 2.48. The summed E-state index contributed by atoms with van der Waals surface area (Å²) in [5, 5.41) is 0. The van der Waals surface area contributed by atoms with E-state index in [0.717, 1.165) is 0 Å². The molecular formula is C4H3BrF6. The quantitative estimate of drug-likeness (QED) is 0.453. The molecule has 0 aromatic rings. The Bertz CT molecular complexity index is 126. The lowest BCUT2D eigenvalue weighted by atomic mass is 10.1. The summed E-state index contributed by atoms with van der Waals surface area (Å²) in [5.74, 6) is 0. The minimum absolute atomic E-state index is 0.0208.